The third kappa shape index (κ3) is 1.81. The first-order chi connectivity index (χ1) is 7.09. The lowest BCUT2D eigenvalue weighted by Crippen LogP contribution is -2.06. The maximum absolute atomic E-state index is 5.95. The normalized spacial score (nSPS) is 11.5. The van der Waals surface area contributed by atoms with Crippen molar-refractivity contribution in [2.75, 3.05) is 0 Å². The third-order valence-electron chi connectivity index (χ3n) is 2.23. The van der Waals surface area contributed by atoms with Gasteiger partial charge in [-0.1, -0.05) is 25.4 Å². The zero-order valence-electron chi connectivity index (χ0n) is 9.03. The molecule has 0 aromatic carbocycles. The number of rotatable bonds is 2. The summed E-state index contributed by atoms with van der Waals surface area (Å²) in [6.45, 7) is 7.18. The van der Waals surface area contributed by atoms with E-state index >= 15 is 0 Å². The highest BCUT2D eigenvalue weighted by Gasteiger charge is 2.12. The van der Waals surface area contributed by atoms with Crippen molar-refractivity contribution >= 4 is 22.8 Å². The van der Waals surface area contributed by atoms with E-state index < -0.39 is 0 Å². The molecular formula is C10H13ClN4. The largest absolute Gasteiger partial charge is 0.313 e. The maximum Gasteiger partial charge on any atom is 0.165 e. The van der Waals surface area contributed by atoms with Gasteiger partial charge in [-0.3, -0.25) is 0 Å². The lowest BCUT2D eigenvalue weighted by atomic mass is 10.2. The molecule has 5 heteroatoms. The van der Waals surface area contributed by atoms with Crippen LogP contribution in [0, 0.1) is 12.8 Å². The van der Waals surface area contributed by atoms with Crippen LogP contribution in [-0.4, -0.2) is 19.5 Å². The van der Waals surface area contributed by atoms with Crippen LogP contribution >= 0.6 is 11.6 Å². The van der Waals surface area contributed by atoms with Gasteiger partial charge in [-0.2, -0.15) is 0 Å². The number of imidazole rings is 1. The van der Waals surface area contributed by atoms with E-state index in [2.05, 4.69) is 33.4 Å². The fourth-order valence-electron chi connectivity index (χ4n) is 1.60. The van der Waals surface area contributed by atoms with Crippen LogP contribution in [-0.2, 0) is 6.54 Å². The lowest BCUT2D eigenvalue weighted by molar-refractivity contribution is 0.521. The third-order valence-corrected chi connectivity index (χ3v) is 2.50. The first-order valence-corrected chi connectivity index (χ1v) is 5.30. The topological polar surface area (TPSA) is 43.6 Å². The molecule has 0 saturated carbocycles. The first kappa shape index (κ1) is 10.4. The van der Waals surface area contributed by atoms with Crippen LogP contribution < -0.4 is 0 Å². The molecule has 0 radical (unpaired) electrons. The molecule has 0 aliphatic heterocycles. The Morgan fingerprint density at radius 2 is 2.13 bits per heavy atom. The quantitative estimate of drug-likeness (QED) is 0.736. The van der Waals surface area contributed by atoms with E-state index in [9.17, 15) is 0 Å². The van der Waals surface area contributed by atoms with E-state index in [1.807, 2.05) is 6.92 Å². The summed E-state index contributed by atoms with van der Waals surface area (Å²) in [6, 6.07) is 0. The average Bonchev–Trinajstić information content (AvgIpc) is 2.45. The minimum atomic E-state index is 0.422. The number of halogens is 1. The van der Waals surface area contributed by atoms with Gasteiger partial charge in [-0.05, 0) is 12.8 Å². The SMILES string of the molecule is Cc1nc2c(Cl)ncnc2n1CC(C)C. The van der Waals surface area contributed by atoms with Crippen LogP contribution in [0.3, 0.4) is 0 Å². The van der Waals surface area contributed by atoms with E-state index in [0.29, 0.717) is 16.6 Å². The zero-order valence-corrected chi connectivity index (χ0v) is 9.78. The Labute approximate surface area is 93.3 Å². The Morgan fingerprint density at radius 1 is 1.40 bits per heavy atom. The van der Waals surface area contributed by atoms with Gasteiger partial charge >= 0.3 is 0 Å². The van der Waals surface area contributed by atoms with Crippen molar-refractivity contribution in [3.8, 4) is 0 Å². The van der Waals surface area contributed by atoms with Crippen LogP contribution in [0.1, 0.15) is 19.7 Å². The Bertz CT molecular complexity index is 489. The lowest BCUT2D eigenvalue weighted by Gasteiger charge is -2.08. The van der Waals surface area contributed by atoms with Crippen molar-refractivity contribution in [2.24, 2.45) is 5.92 Å². The number of nitrogens with zero attached hydrogens (tertiary/aromatic N) is 4. The number of fused-ring (bicyclic) bond motifs is 1. The molecule has 2 heterocycles. The van der Waals surface area contributed by atoms with Gasteiger partial charge < -0.3 is 4.57 Å². The maximum atomic E-state index is 5.95. The second-order valence-electron chi connectivity index (χ2n) is 4.00. The van der Waals surface area contributed by atoms with E-state index in [4.69, 9.17) is 11.6 Å². The number of aromatic nitrogens is 4. The Morgan fingerprint density at radius 3 is 2.80 bits per heavy atom. The molecule has 15 heavy (non-hydrogen) atoms. The van der Waals surface area contributed by atoms with Crippen molar-refractivity contribution in [1.82, 2.24) is 19.5 Å². The molecule has 0 unspecified atom stereocenters. The average molecular weight is 225 g/mol. The van der Waals surface area contributed by atoms with Crippen molar-refractivity contribution < 1.29 is 0 Å². The summed E-state index contributed by atoms with van der Waals surface area (Å²) in [7, 11) is 0. The molecule has 0 aliphatic carbocycles. The minimum Gasteiger partial charge on any atom is -0.313 e. The van der Waals surface area contributed by atoms with Crippen LogP contribution in [0.15, 0.2) is 6.33 Å². The fourth-order valence-corrected chi connectivity index (χ4v) is 1.77. The molecule has 0 saturated heterocycles. The predicted molar refractivity (Wildman–Crippen MR) is 59.9 cm³/mol. The summed E-state index contributed by atoms with van der Waals surface area (Å²) < 4.78 is 2.08. The fraction of sp³-hybridized carbons (Fsp3) is 0.500. The van der Waals surface area contributed by atoms with Crippen molar-refractivity contribution in [1.29, 1.82) is 0 Å². The zero-order chi connectivity index (χ0) is 11.0. The second-order valence-corrected chi connectivity index (χ2v) is 4.36. The molecule has 0 aliphatic rings. The van der Waals surface area contributed by atoms with Gasteiger partial charge in [0.2, 0.25) is 0 Å². The van der Waals surface area contributed by atoms with Crippen molar-refractivity contribution in [3.05, 3.63) is 17.3 Å². The van der Waals surface area contributed by atoms with Crippen LogP contribution in [0.5, 0.6) is 0 Å². The van der Waals surface area contributed by atoms with Gasteiger partial charge in [0.1, 0.15) is 17.7 Å². The number of hydrogen-bond donors (Lipinski definition) is 0. The molecule has 2 aromatic heterocycles. The molecule has 0 spiro atoms. The molecule has 80 valence electrons. The smallest absolute Gasteiger partial charge is 0.165 e. The monoisotopic (exact) mass is 224 g/mol. The molecule has 0 atom stereocenters. The molecule has 0 amide bonds. The predicted octanol–water partition coefficient (Wildman–Crippen LogP) is 2.44. The van der Waals surface area contributed by atoms with E-state index in [1.54, 1.807) is 0 Å². The molecule has 2 rings (SSSR count). The molecule has 0 N–H and O–H groups in total. The summed E-state index contributed by atoms with van der Waals surface area (Å²) in [6.07, 6.45) is 1.47. The summed E-state index contributed by atoms with van der Waals surface area (Å²) in [5.74, 6) is 1.48. The van der Waals surface area contributed by atoms with Crippen LogP contribution in [0.25, 0.3) is 11.2 Å². The van der Waals surface area contributed by atoms with Gasteiger partial charge in [0.25, 0.3) is 0 Å². The van der Waals surface area contributed by atoms with Crippen LogP contribution in [0.4, 0.5) is 0 Å². The molecule has 2 aromatic rings. The van der Waals surface area contributed by atoms with E-state index in [0.717, 1.165) is 18.0 Å². The van der Waals surface area contributed by atoms with Crippen LogP contribution in [0.2, 0.25) is 5.15 Å². The van der Waals surface area contributed by atoms with Gasteiger partial charge in [-0.25, -0.2) is 15.0 Å². The highest BCUT2D eigenvalue weighted by Crippen LogP contribution is 2.20. The minimum absolute atomic E-state index is 0.422. The second kappa shape index (κ2) is 3.77. The van der Waals surface area contributed by atoms with Gasteiger partial charge in [0.15, 0.2) is 10.8 Å². The Kier molecular flexibility index (Phi) is 2.61. The number of hydrogen-bond acceptors (Lipinski definition) is 3. The number of aryl methyl sites for hydroxylation is 1. The standard InChI is InChI=1S/C10H13ClN4/c1-6(2)4-15-7(3)14-8-9(11)12-5-13-10(8)15/h5-6H,4H2,1-3H3. The molecule has 0 bridgehead atoms. The van der Waals surface area contributed by atoms with Gasteiger partial charge in [0.05, 0.1) is 0 Å². The Balaban J connectivity index is 2.63. The van der Waals surface area contributed by atoms with E-state index in [-0.39, 0.29) is 0 Å². The highest BCUT2D eigenvalue weighted by atomic mass is 35.5. The molecule has 4 nitrogen and oxygen atoms in total. The first-order valence-electron chi connectivity index (χ1n) is 4.93. The summed E-state index contributed by atoms with van der Waals surface area (Å²) in [5, 5.41) is 0.422. The highest BCUT2D eigenvalue weighted by molar-refractivity contribution is 6.33. The summed E-state index contributed by atoms with van der Waals surface area (Å²) >= 11 is 5.95. The van der Waals surface area contributed by atoms with Crippen molar-refractivity contribution in [2.45, 2.75) is 27.3 Å². The van der Waals surface area contributed by atoms with Crippen molar-refractivity contribution in [3.63, 3.8) is 0 Å². The Hall–Kier alpha value is -1.16. The summed E-state index contributed by atoms with van der Waals surface area (Å²) in [4.78, 5) is 12.5. The van der Waals surface area contributed by atoms with Gasteiger partial charge in [-0.15, -0.1) is 0 Å². The van der Waals surface area contributed by atoms with E-state index in [1.165, 1.54) is 6.33 Å². The molecular weight excluding hydrogens is 212 g/mol. The molecule has 0 fully saturated rings. The summed E-state index contributed by atoms with van der Waals surface area (Å²) in [5.41, 5.74) is 1.51. The van der Waals surface area contributed by atoms with Gasteiger partial charge in [0, 0.05) is 6.54 Å².